The number of rotatable bonds is 5. The number of amidine groups is 1. The fraction of sp³-hybridized carbons (Fsp3) is 0.156. The van der Waals surface area contributed by atoms with Crippen LogP contribution in [0.15, 0.2) is 89.9 Å². The number of carbonyl (C=O) groups is 2. The van der Waals surface area contributed by atoms with E-state index >= 15 is 0 Å². The topological polar surface area (TPSA) is 68.2 Å². The molecule has 0 spiro atoms. The monoisotopic (exact) mass is 502 g/mol. The number of benzene rings is 4. The summed E-state index contributed by atoms with van der Waals surface area (Å²) in [4.78, 5) is 35.5. The van der Waals surface area contributed by atoms with Gasteiger partial charge in [0.15, 0.2) is 17.2 Å². The van der Waals surface area contributed by atoms with Gasteiger partial charge in [0.2, 0.25) is 5.78 Å². The fourth-order valence-corrected chi connectivity index (χ4v) is 5.49. The SMILES string of the molecule is COc1ccc(C(=O)C2=Nc3ccc(C)cc3C3(c4ccc(OC)cc4)C(=O)c4cc(C)ccc4N23)cc1. The van der Waals surface area contributed by atoms with Crippen molar-refractivity contribution in [3.8, 4) is 11.5 Å². The largest absolute Gasteiger partial charge is 0.497 e. The molecule has 0 amide bonds. The van der Waals surface area contributed by atoms with Gasteiger partial charge in [0.05, 0.1) is 25.6 Å². The van der Waals surface area contributed by atoms with Crippen molar-refractivity contribution in [1.29, 1.82) is 0 Å². The number of aryl methyl sites for hydroxylation is 2. The van der Waals surface area contributed by atoms with Gasteiger partial charge in [0, 0.05) is 16.7 Å². The Morgan fingerprint density at radius 1 is 0.789 bits per heavy atom. The number of ketones is 2. The lowest BCUT2D eigenvalue weighted by atomic mass is 9.76. The molecule has 0 aliphatic carbocycles. The zero-order valence-corrected chi connectivity index (χ0v) is 21.6. The summed E-state index contributed by atoms with van der Waals surface area (Å²) in [5.41, 5.74) is 4.40. The Morgan fingerprint density at radius 3 is 2.05 bits per heavy atom. The molecule has 4 aromatic rings. The first-order chi connectivity index (χ1) is 18.4. The number of aliphatic imine (C=N–C) groups is 1. The van der Waals surface area contributed by atoms with Crippen molar-refractivity contribution in [3.63, 3.8) is 0 Å². The Bertz CT molecular complexity index is 1640. The van der Waals surface area contributed by atoms with E-state index in [1.165, 1.54) is 0 Å². The molecular formula is C32H26N2O4. The first-order valence-corrected chi connectivity index (χ1v) is 12.4. The van der Waals surface area contributed by atoms with Crippen molar-refractivity contribution in [2.75, 3.05) is 19.1 Å². The molecule has 2 heterocycles. The van der Waals surface area contributed by atoms with Crippen LogP contribution in [-0.4, -0.2) is 31.6 Å². The van der Waals surface area contributed by atoms with E-state index in [0.717, 1.165) is 22.3 Å². The van der Waals surface area contributed by atoms with Crippen LogP contribution in [0, 0.1) is 13.8 Å². The second kappa shape index (κ2) is 8.70. The summed E-state index contributed by atoms with van der Waals surface area (Å²) in [6, 6.07) is 26.0. The lowest BCUT2D eigenvalue weighted by Crippen LogP contribution is -2.55. The van der Waals surface area contributed by atoms with Crippen molar-refractivity contribution >= 4 is 28.8 Å². The smallest absolute Gasteiger partial charge is 0.228 e. The third-order valence-electron chi connectivity index (χ3n) is 7.34. The molecule has 0 bridgehead atoms. The molecule has 0 N–H and O–H groups in total. The van der Waals surface area contributed by atoms with Gasteiger partial charge in [-0.1, -0.05) is 41.5 Å². The molecule has 4 aromatic carbocycles. The van der Waals surface area contributed by atoms with Crippen molar-refractivity contribution < 1.29 is 19.1 Å². The van der Waals surface area contributed by atoms with Gasteiger partial charge in [0.1, 0.15) is 11.5 Å². The number of anilines is 1. The van der Waals surface area contributed by atoms with Crippen LogP contribution in [0.25, 0.3) is 0 Å². The molecule has 2 aliphatic rings. The van der Waals surface area contributed by atoms with E-state index in [1.54, 1.807) is 38.5 Å². The minimum atomic E-state index is -1.30. The van der Waals surface area contributed by atoms with Gasteiger partial charge in [-0.25, -0.2) is 4.99 Å². The Morgan fingerprint density at radius 2 is 1.39 bits per heavy atom. The van der Waals surface area contributed by atoms with Crippen molar-refractivity contribution in [1.82, 2.24) is 0 Å². The van der Waals surface area contributed by atoms with E-state index in [4.69, 9.17) is 14.5 Å². The van der Waals surface area contributed by atoms with Crippen LogP contribution < -0.4 is 14.4 Å². The number of carbonyl (C=O) groups excluding carboxylic acids is 2. The lowest BCUT2D eigenvalue weighted by Gasteiger charge is -2.43. The summed E-state index contributed by atoms with van der Waals surface area (Å²) in [6.07, 6.45) is 0. The molecule has 0 aromatic heterocycles. The average molecular weight is 503 g/mol. The molecule has 1 unspecified atom stereocenters. The molecule has 6 heteroatoms. The number of ether oxygens (including phenoxy) is 2. The van der Waals surface area contributed by atoms with Gasteiger partial charge in [-0.3, -0.25) is 9.59 Å². The maximum Gasteiger partial charge on any atom is 0.228 e. The van der Waals surface area contributed by atoms with Gasteiger partial charge in [0.25, 0.3) is 0 Å². The van der Waals surface area contributed by atoms with E-state index in [0.29, 0.717) is 34.0 Å². The average Bonchev–Trinajstić information content (AvgIpc) is 3.21. The van der Waals surface area contributed by atoms with Crippen LogP contribution in [0.2, 0.25) is 0 Å². The number of methoxy groups -OCH3 is 2. The molecule has 2 aliphatic heterocycles. The molecule has 6 rings (SSSR count). The highest BCUT2D eigenvalue weighted by Crippen LogP contribution is 2.54. The maximum absolute atomic E-state index is 14.7. The predicted octanol–water partition coefficient (Wildman–Crippen LogP) is 6.19. The summed E-state index contributed by atoms with van der Waals surface area (Å²) >= 11 is 0. The van der Waals surface area contributed by atoms with Gasteiger partial charge in [-0.15, -0.1) is 0 Å². The van der Waals surface area contributed by atoms with E-state index in [-0.39, 0.29) is 17.4 Å². The second-order valence-electron chi connectivity index (χ2n) is 9.64. The first-order valence-electron chi connectivity index (χ1n) is 12.4. The number of fused-ring (bicyclic) bond motifs is 5. The van der Waals surface area contributed by atoms with E-state index in [1.807, 2.05) is 79.4 Å². The summed E-state index contributed by atoms with van der Waals surface area (Å²) < 4.78 is 10.7. The van der Waals surface area contributed by atoms with Crippen molar-refractivity contribution in [2.24, 2.45) is 4.99 Å². The summed E-state index contributed by atoms with van der Waals surface area (Å²) in [5.74, 6) is 1.15. The highest BCUT2D eigenvalue weighted by atomic mass is 16.5. The maximum atomic E-state index is 14.7. The van der Waals surface area contributed by atoms with Gasteiger partial charge in [-0.2, -0.15) is 0 Å². The van der Waals surface area contributed by atoms with Gasteiger partial charge < -0.3 is 14.4 Å². The zero-order valence-electron chi connectivity index (χ0n) is 21.6. The highest BCUT2D eigenvalue weighted by molar-refractivity contribution is 6.52. The quantitative estimate of drug-likeness (QED) is 0.304. The molecule has 0 saturated heterocycles. The predicted molar refractivity (Wildman–Crippen MR) is 147 cm³/mol. The second-order valence-corrected chi connectivity index (χ2v) is 9.64. The van der Waals surface area contributed by atoms with Crippen LogP contribution in [0.3, 0.4) is 0 Å². The third-order valence-corrected chi connectivity index (χ3v) is 7.34. The number of Topliss-reactive ketones (excluding diaryl/α,β-unsaturated/α-hetero) is 2. The lowest BCUT2D eigenvalue weighted by molar-refractivity contribution is 0.0931. The van der Waals surface area contributed by atoms with Crippen LogP contribution >= 0.6 is 0 Å². The summed E-state index contributed by atoms with van der Waals surface area (Å²) in [6.45, 7) is 3.95. The minimum absolute atomic E-state index is 0.0943. The number of hydrogen-bond donors (Lipinski definition) is 0. The normalized spacial score (nSPS) is 17.3. The molecular weight excluding hydrogens is 476 g/mol. The van der Waals surface area contributed by atoms with Gasteiger partial charge >= 0.3 is 0 Å². The van der Waals surface area contributed by atoms with Crippen LogP contribution in [-0.2, 0) is 5.54 Å². The van der Waals surface area contributed by atoms with Crippen LogP contribution in [0.1, 0.15) is 43.0 Å². The van der Waals surface area contributed by atoms with Crippen LogP contribution in [0.5, 0.6) is 11.5 Å². The standard InChI is InChI=1S/C32H26N2O4/c1-19-6-16-28-25(17-19)30(36)32(22-9-13-24(38-4)14-10-22)26-18-20(2)5-15-27(26)33-31(34(28)32)29(35)21-7-11-23(37-3)12-8-21/h5-18H,1-4H3. The molecule has 6 nitrogen and oxygen atoms in total. The zero-order chi connectivity index (χ0) is 26.6. The van der Waals surface area contributed by atoms with E-state index in [2.05, 4.69) is 0 Å². The van der Waals surface area contributed by atoms with Gasteiger partial charge in [-0.05, 0) is 74.0 Å². The first kappa shape index (κ1) is 23.7. The number of hydrogen-bond acceptors (Lipinski definition) is 6. The van der Waals surface area contributed by atoms with E-state index in [9.17, 15) is 9.59 Å². The third kappa shape index (κ3) is 3.30. The Labute approximate surface area is 221 Å². The molecule has 38 heavy (non-hydrogen) atoms. The summed E-state index contributed by atoms with van der Waals surface area (Å²) in [5, 5.41) is 0. The Balaban J connectivity index is 1.67. The van der Waals surface area contributed by atoms with Crippen molar-refractivity contribution in [3.05, 3.63) is 118 Å². The van der Waals surface area contributed by atoms with E-state index < -0.39 is 5.54 Å². The minimum Gasteiger partial charge on any atom is -0.497 e. The summed E-state index contributed by atoms with van der Waals surface area (Å²) in [7, 11) is 3.19. The molecule has 1 atom stereocenters. The Hall–Kier alpha value is -4.71. The molecule has 188 valence electrons. The number of nitrogens with zero attached hydrogens (tertiary/aromatic N) is 2. The highest BCUT2D eigenvalue weighted by Gasteiger charge is 2.59. The fourth-order valence-electron chi connectivity index (χ4n) is 5.49. The molecule has 0 saturated carbocycles. The van der Waals surface area contributed by atoms with Crippen molar-refractivity contribution in [2.45, 2.75) is 19.4 Å². The molecule has 0 radical (unpaired) electrons. The molecule has 0 fully saturated rings. The Kier molecular flexibility index (Phi) is 5.42. The van der Waals surface area contributed by atoms with Crippen LogP contribution in [0.4, 0.5) is 11.4 Å².